The first-order valence-corrected chi connectivity index (χ1v) is 10.7. The largest absolute Gasteiger partial charge is 0.463 e. The van der Waals surface area contributed by atoms with E-state index < -0.39 is 21.5 Å². The van der Waals surface area contributed by atoms with Crippen LogP contribution in [0.15, 0.2) is 68.9 Å². The van der Waals surface area contributed by atoms with Gasteiger partial charge in [0.25, 0.3) is 11.5 Å². The molecule has 160 valence electrons. The van der Waals surface area contributed by atoms with E-state index in [1.54, 1.807) is 12.1 Å². The fourth-order valence-electron chi connectivity index (χ4n) is 3.13. The van der Waals surface area contributed by atoms with E-state index in [2.05, 4.69) is 15.6 Å². The van der Waals surface area contributed by atoms with Gasteiger partial charge in [0.2, 0.25) is 15.9 Å². The summed E-state index contributed by atoms with van der Waals surface area (Å²) in [7, 11) is -3.91. The molecular formula is C20H18N4O6S. The standard InChI is InChI=1S/C20H18N4O6S/c25-18-12-24(9-8-21-18)31(28,29)14-4-1-3-13(11-14)22-19(26)15-6-7-16(23-20(15)27)17-5-2-10-30-17/h1-7,10-11H,8-9,12H2,(H,21,25)(H,22,26)(H,23,27). The Labute approximate surface area is 176 Å². The molecule has 3 N–H and O–H groups in total. The maximum atomic E-state index is 12.8. The van der Waals surface area contributed by atoms with E-state index in [0.717, 1.165) is 4.31 Å². The lowest BCUT2D eigenvalue weighted by atomic mass is 10.2. The zero-order chi connectivity index (χ0) is 22.0. The van der Waals surface area contributed by atoms with Gasteiger partial charge in [0.1, 0.15) is 11.3 Å². The van der Waals surface area contributed by atoms with Crippen LogP contribution in [0.1, 0.15) is 10.4 Å². The summed E-state index contributed by atoms with van der Waals surface area (Å²) in [5.74, 6) is -0.621. The number of anilines is 1. The number of aromatic nitrogens is 1. The van der Waals surface area contributed by atoms with Gasteiger partial charge in [-0.1, -0.05) is 6.07 Å². The molecule has 4 rings (SSSR count). The Kier molecular flexibility index (Phi) is 5.44. The number of aromatic amines is 1. The van der Waals surface area contributed by atoms with E-state index in [9.17, 15) is 22.8 Å². The van der Waals surface area contributed by atoms with E-state index in [1.165, 1.54) is 42.7 Å². The molecule has 0 bridgehead atoms. The molecule has 0 aliphatic carbocycles. The third-order valence-electron chi connectivity index (χ3n) is 4.67. The van der Waals surface area contributed by atoms with Crippen LogP contribution in [-0.2, 0) is 14.8 Å². The van der Waals surface area contributed by atoms with Crippen LogP contribution in [0, 0.1) is 0 Å². The van der Waals surface area contributed by atoms with Crippen molar-refractivity contribution in [3.63, 3.8) is 0 Å². The van der Waals surface area contributed by atoms with Crippen molar-refractivity contribution in [2.45, 2.75) is 4.90 Å². The van der Waals surface area contributed by atoms with Gasteiger partial charge in [-0.25, -0.2) is 8.42 Å². The second-order valence-electron chi connectivity index (χ2n) is 6.76. The van der Waals surface area contributed by atoms with E-state index in [4.69, 9.17) is 4.42 Å². The topological polar surface area (TPSA) is 142 Å². The molecule has 1 saturated heterocycles. The van der Waals surface area contributed by atoms with Crippen LogP contribution >= 0.6 is 0 Å². The van der Waals surface area contributed by atoms with Crippen molar-refractivity contribution < 1.29 is 22.4 Å². The molecule has 1 aliphatic heterocycles. The molecule has 2 aromatic heterocycles. The van der Waals surface area contributed by atoms with Gasteiger partial charge >= 0.3 is 0 Å². The highest BCUT2D eigenvalue weighted by atomic mass is 32.2. The molecule has 1 fully saturated rings. The highest BCUT2D eigenvalue weighted by Crippen LogP contribution is 2.21. The first kappa shape index (κ1) is 20.6. The monoisotopic (exact) mass is 442 g/mol. The van der Waals surface area contributed by atoms with Crippen LogP contribution in [-0.4, -0.2) is 49.2 Å². The lowest BCUT2D eigenvalue weighted by Crippen LogP contribution is -2.49. The summed E-state index contributed by atoms with van der Waals surface area (Å²) in [4.78, 5) is 39.0. The van der Waals surface area contributed by atoms with Crippen LogP contribution in [0.2, 0.25) is 0 Å². The molecule has 2 amide bonds. The number of hydrogen-bond donors (Lipinski definition) is 3. The van der Waals surface area contributed by atoms with E-state index in [0.29, 0.717) is 11.5 Å². The summed E-state index contributed by atoms with van der Waals surface area (Å²) < 4.78 is 31.9. The van der Waals surface area contributed by atoms with Gasteiger partial charge in [-0.2, -0.15) is 4.31 Å². The van der Waals surface area contributed by atoms with Gasteiger partial charge in [0, 0.05) is 18.8 Å². The van der Waals surface area contributed by atoms with Crippen molar-refractivity contribution in [1.29, 1.82) is 0 Å². The summed E-state index contributed by atoms with van der Waals surface area (Å²) in [6, 6.07) is 11.9. The van der Waals surface area contributed by atoms with Crippen LogP contribution in [0.3, 0.4) is 0 Å². The van der Waals surface area contributed by atoms with Crippen molar-refractivity contribution in [3.05, 3.63) is 70.7 Å². The minimum atomic E-state index is -3.91. The van der Waals surface area contributed by atoms with E-state index in [-0.39, 0.29) is 41.7 Å². The molecule has 0 spiro atoms. The van der Waals surface area contributed by atoms with Crippen molar-refractivity contribution in [3.8, 4) is 11.5 Å². The fraction of sp³-hybridized carbons (Fsp3) is 0.150. The number of amides is 2. The SMILES string of the molecule is O=C1CN(S(=O)(=O)c2cccc(NC(=O)c3ccc(-c4ccco4)[nH]c3=O)c2)CCN1. The number of carbonyl (C=O) groups excluding carboxylic acids is 2. The molecule has 0 saturated carbocycles. The van der Waals surface area contributed by atoms with Gasteiger partial charge in [0.05, 0.1) is 23.4 Å². The Morgan fingerprint density at radius 1 is 1.10 bits per heavy atom. The smallest absolute Gasteiger partial charge is 0.261 e. The molecule has 0 atom stereocenters. The molecule has 3 aromatic rings. The minimum Gasteiger partial charge on any atom is -0.463 e. The number of carbonyl (C=O) groups is 2. The molecular weight excluding hydrogens is 424 g/mol. The number of nitrogens with zero attached hydrogens (tertiary/aromatic N) is 1. The average Bonchev–Trinajstić information content (AvgIpc) is 3.29. The van der Waals surface area contributed by atoms with Gasteiger partial charge in [-0.15, -0.1) is 0 Å². The van der Waals surface area contributed by atoms with Crippen LogP contribution < -0.4 is 16.2 Å². The third kappa shape index (κ3) is 4.27. The quantitative estimate of drug-likeness (QED) is 0.538. The molecule has 0 radical (unpaired) electrons. The van der Waals surface area contributed by atoms with Crippen molar-refractivity contribution >= 4 is 27.5 Å². The van der Waals surface area contributed by atoms with Gasteiger partial charge in [-0.3, -0.25) is 14.4 Å². The highest BCUT2D eigenvalue weighted by Gasteiger charge is 2.29. The maximum absolute atomic E-state index is 12.8. The minimum absolute atomic E-state index is 0.0675. The predicted octanol–water partition coefficient (Wildman–Crippen LogP) is 1.01. The summed E-state index contributed by atoms with van der Waals surface area (Å²) in [5, 5.41) is 5.10. The second kappa shape index (κ2) is 8.20. The summed E-state index contributed by atoms with van der Waals surface area (Å²) in [6.07, 6.45) is 1.46. The highest BCUT2D eigenvalue weighted by molar-refractivity contribution is 7.89. The Morgan fingerprint density at radius 2 is 1.94 bits per heavy atom. The number of piperazine rings is 1. The van der Waals surface area contributed by atoms with Gasteiger partial charge in [-0.05, 0) is 42.5 Å². The predicted molar refractivity (Wildman–Crippen MR) is 111 cm³/mol. The Hall–Kier alpha value is -3.70. The first-order chi connectivity index (χ1) is 14.8. The van der Waals surface area contributed by atoms with Crippen LogP contribution in [0.25, 0.3) is 11.5 Å². The molecule has 31 heavy (non-hydrogen) atoms. The summed E-state index contributed by atoms with van der Waals surface area (Å²) in [5.41, 5.74) is -0.141. The Morgan fingerprint density at radius 3 is 2.65 bits per heavy atom. The molecule has 3 heterocycles. The number of H-pyrrole nitrogens is 1. The third-order valence-corrected chi connectivity index (χ3v) is 6.51. The molecule has 10 nitrogen and oxygen atoms in total. The van der Waals surface area contributed by atoms with Gasteiger partial charge < -0.3 is 20.0 Å². The number of nitrogens with one attached hydrogen (secondary N) is 3. The number of sulfonamides is 1. The Balaban J connectivity index is 1.54. The van der Waals surface area contributed by atoms with Crippen molar-refractivity contribution in [2.75, 3.05) is 25.0 Å². The zero-order valence-corrected chi connectivity index (χ0v) is 16.9. The summed E-state index contributed by atoms with van der Waals surface area (Å²) in [6.45, 7) is 0.115. The fourth-order valence-corrected chi connectivity index (χ4v) is 4.57. The number of furan rings is 1. The molecule has 1 aliphatic rings. The number of rotatable bonds is 5. The molecule has 11 heteroatoms. The van der Waals surface area contributed by atoms with E-state index in [1.807, 2.05) is 0 Å². The second-order valence-corrected chi connectivity index (χ2v) is 8.70. The number of pyridine rings is 1. The summed E-state index contributed by atoms with van der Waals surface area (Å²) >= 11 is 0. The van der Waals surface area contributed by atoms with E-state index >= 15 is 0 Å². The number of benzene rings is 1. The lowest BCUT2D eigenvalue weighted by molar-refractivity contribution is -0.122. The van der Waals surface area contributed by atoms with Crippen LogP contribution in [0.5, 0.6) is 0 Å². The maximum Gasteiger partial charge on any atom is 0.261 e. The van der Waals surface area contributed by atoms with Gasteiger partial charge in [0.15, 0.2) is 0 Å². The van der Waals surface area contributed by atoms with Crippen molar-refractivity contribution in [1.82, 2.24) is 14.6 Å². The lowest BCUT2D eigenvalue weighted by Gasteiger charge is -2.26. The molecule has 0 unspecified atom stereocenters. The average molecular weight is 442 g/mol. The Bertz CT molecular complexity index is 1300. The first-order valence-electron chi connectivity index (χ1n) is 9.30. The van der Waals surface area contributed by atoms with Crippen LogP contribution in [0.4, 0.5) is 5.69 Å². The number of hydrogen-bond acceptors (Lipinski definition) is 6. The molecule has 1 aromatic carbocycles. The zero-order valence-electron chi connectivity index (χ0n) is 16.1. The van der Waals surface area contributed by atoms with Crippen molar-refractivity contribution in [2.24, 2.45) is 0 Å². The normalized spacial score (nSPS) is 14.8.